The first kappa shape index (κ1) is 36.1. The van der Waals surface area contributed by atoms with Gasteiger partial charge in [0.1, 0.15) is 12.6 Å². The molecule has 0 radical (unpaired) electrons. The Labute approximate surface area is 285 Å². The molecule has 0 aliphatic carbocycles. The van der Waals surface area contributed by atoms with Crippen LogP contribution in [0.4, 0.5) is 18.9 Å². The van der Waals surface area contributed by atoms with E-state index in [1.807, 2.05) is 0 Å². The van der Waals surface area contributed by atoms with Crippen molar-refractivity contribution in [3.8, 4) is 0 Å². The molecule has 1 atom stereocenters. The van der Waals surface area contributed by atoms with Gasteiger partial charge >= 0.3 is 6.18 Å². The Morgan fingerprint density at radius 1 is 0.851 bits per heavy atom. The number of halogens is 6. The lowest BCUT2D eigenvalue weighted by molar-refractivity contribution is -0.140. The summed E-state index contributed by atoms with van der Waals surface area (Å²) in [6.45, 7) is 0.711. The molecule has 4 aromatic rings. The number of carbonyl (C=O) groups excluding carboxylic acids is 2. The summed E-state index contributed by atoms with van der Waals surface area (Å²) in [4.78, 5) is 28.9. The lowest BCUT2D eigenvalue weighted by Crippen LogP contribution is -2.53. The van der Waals surface area contributed by atoms with Crippen LogP contribution in [0.5, 0.6) is 0 Å². The molecular formula is C33H29Cl3F3N3O4S. The maximum absolute atomic E-state index is 14.4. The van der Waals surface area contributed by atoms with Crippen LogP contribution in [0.1, 0.15) is 23.6 Å². The number of benzene rings is 4. The zero-order valence-electron chi connectivity index (χ0n) is 24.8. The first-order valence-electron chi connectivity index (χ1n) is 14.2. The van der Waals surface area contributed by atoms with Gasteiger partial charge in [-0.05, 0) is 60.5 Å². The zero-order chi connectivity index (χ0) is 34.4. The standard InChI is InChI=1S/C33H29Cl3F3N3O4S/c1-2-40-32(44)30(17-22-9-5-3-6-10-22)41(20-23-13-14-24(34)18-29(23)36)31(43)21-42(47(45,46)26-11-7-4-8-12-26)25-15-16-28(35)27(19-25)33(37,38)39/h3-16,18-19,30H,2,17,20-21H2,1H3,(H,40,44)/t30-/m1/s1. The van der Waals surface area contributed by atoms with Crippen molar-refractivity contribution in [1.29, 1.82) is 0 Å². The Kier molecular flexibility index (Phi) is 11.8. The number of nitrogens with zero attached hydrogens (tertiary/aromatic N) is 2. The van der Waals surface area contributed by atoms with Crippen molar-refractivity contribution in [3.05, 3.63) is 129 Å². The number of amides is 2. The smallest absolute Gasteiger partial charge is 0.355 e. The van der Waals surface area contributed by atoms with Crippen LogP contribution < -0.4 is 9.62 Å². The molecule has 4 aromatic carbocycles. The van der Waals surface area contributed by atoms with Crippen LogP contribution in [0.3, 0.4) is 0 Å². The first-order chi connectivity index (χ1) is 22.2. The lowest BCUT2D eigenvalue weighted by Gasteiger charge is -2.34. The van der Waals surface area contributed by atoms with E-state index in [1.165, 1.54) is 35.2 Å². The van der Waals surface area contributed by atoms with Gasteiger partial charge in [-0.2, -0.15) is 13.2 Å². The van der Waals surface area contributed by atoms with E-state index in [4.69, 9.17) is 34.8 Å². The number of carbonyl (C=O) groups is 2. The number of likely N-dealkylation sites (N-methyl/N-ethyl adjacent to an activating group) is 1. The SMILES string of the molecule is CCNC(=O)[C@@H](Cc1ccccc1)N(Cc1ccc(Cl)cc1Cl)C(=O)CN(c1ccc(Cl)c(C(F)(F)F)c1)S(=O)(=O)c1ccccc1. The molecule has 0 saturated heterocycles. The van der Waals surface area contributed by atoms with Crippen LogP contribution in [0, 0.1) is 0 Å². The van der Waals surface area contributed by atoms with E-state index in [9.17, 15) is 31.2 Å². The zero-order valence-corrected chi connectivity index (χ0v) is 27.9. The van der Waals surface area contributed by atoms with E-state index in [1.54, 1.807) is 55.5 Å². The summed E-state index contributed by atoms with van der Waals surface area (Å²) in [6, 6.07) is 21.8. The summed E-state index contributed by atoms with van der Waals surface area (Å²) in [5, 5.41) is 2.58. The van der Waals surface area contributed by atoms with Gasteiger partial charge in [0.15, 0.2) is 0 Å². The number of hydrogen-bond acceptors (Lipinski definition) is 4. The molecule has 248 valence electrons. The molecule has 0 aliphatic heterocycles. The second-order valence-corrected chi connectivity index (χ2v) is 13.5. The average molecular weight is 727 g/mol. The van der Waals surface area contributed by atoms with Crippen LogP contribution in [0.2, 0.25) is 15.1 Å². The summed E-state index contributed by atoms with van der Waals surface area (Å²) >= 11 is 18.4. The highest BCUT2D eigenvalue weighted by molar-refractivity contribution is 7.92. The third kappa shape index (κ3) is 8.98. The van der Waals surface area contributed by atoms with Gasteiger partial charge in [0, 0.05) is 29.6 Å². The number of rotatable bonds is 12. The van der Waals surface area contributed by atoms with Gasteiger partial charge in [-0.1, -0.05) is 89.4 Å². The molecule has 14 heteroatoms. The van der Waals surface area contributed by atoms with Gasteiger partial charge in [0.2, 0.25) is 11.8 Å². The molecule has 0 aromatic heterocycles. The van der Waals surface area contributed by atoms with E-state index in [2.05, 4.69) is 5.32 Å². The van der Waals surface area contributed by atoms with E-state index in [-0.39, 0.29) is 29.4 Å². The monoisotopic (exact) mass is 725 g/mol. The Morgan fingerprint density at radius 2 is 1.49 bits per heavy atom. The quantitative estimate of drug-likeness (QED) is 0.163. The predicted molar refractivity (Wildman–Crippen MR) is 177 cm³/mol. The van der Waals surface area contributed by atoms with Gasteiger partial charge in [-0.3, -0.25) is 13.9 Å². The Hall–Kier alpha value is -3.77. The molecule has 2 amide bonds. The Morgan fingerprint density at radius 3 is 2.09 bits per heavy atom. The summed E-state index contributed by atoms with van der Waals surface area (Å²) in [6.07, 6.45) is -4.89. The van der Waals surface area contributed by atoms with Gasteiger partial charge in [-0.25, -0.2) is 8.42 Å². The molecule has 7 nitrogen and oxygen atoms in total. The molecule has 0 heterocycles. The van der Waals surface area contributed by atoms with E-state index < -0.39 is 56.9 Å². The molecule has 0 aliphatic rings. The van der Waals surface area contributed by atoms with Crippen LogP contribution in [0.25, 0.3) is 0 Å². The van der Waals surface area contributed by atoms with Crippen molar-refractivity contribution >= 4 is 62.3 Å². The van der Waals surface area contributed by atoms with Gasteiger partial charge in [0.25, 0.3) is 10.0 Å². The maximum atomic E-state index is 14.4. The van der Waals surface area contributed by atoms with E-state index >= 15 is 0 Å². The van der Waals surface area contributed by atoms with Crippen molar-refractivity contribution in [2.24, 2.45) is 0 Å². The maximum Gasteiger partial charge on any atom is 0.417 e. The normalized spacial score (nSPS) is 12.3. The number of alkyl halides is 3. The highest BCUT2D eigenvalue weighted by Gasteiger charge is 2.37. The Bertz CT molecular complexity index is 1830. The number of anilines is 1. The molecule has 0 spiro atoms. The molecule has 4 rings (SSSR count). The second kappa shape index (κ2) is 15.4. The average Bonchev–Trinajstić information content (AvgIpc) is 3.03. The molecule has 0 fully saturated rings. The van der Waals surface area contributed by atoms with Crippen LogP contribution in [-0.4, -0.2) is 44.3 Å². The van der Waals surface area contributed by atoms with Crippen molar-refractivity contribution in [1.82, 2.24) is 10.2 Å². The predicted octanol–water partition coefficient (Wildman–Crippen LogP) is 7.64. The van der Waals surface area contributed by atoms with E-state index in [0.29, 0.717) is 26.5 Å². The third-order valence-electron chi connectivity index (χ3n) is 7.13. The highest BCUT2D eigenvalue weighted by Crippen LogP contribution is 2.38. The summed E-state index contributed by atoms with van der Waals surface area (Å²) in [5.41, 5.74) is -0.646. The van der Waals surface area contributed by atoms with Crippen molar-refractivity contribution in [2.75, 3.05) is 17.4 Å². The fraction of sp³-hybridized carbons (Fsp3) is 0.212. The molecule has 0 unspecified atom stereocenters. The molecule has 0 bridgehead atoms. The topological polar surface area (TPSA) is 86.8 Å². The van der Waals surface area contributed by atoms with Crippen LogP contribution in [0.15, 0.2) is 102 Å². The molecular weight excluding hydrogens is 698 g/mol. The molecule has 47 heavy (non-hydrogen) atoms. The summed E-state index contributed by atoms with van der Waals surface area (Å²) < 4.78 is 70.3. The third-order valence-corrected chi connectivity index (χ3v) is 9.84. The lowest BCUT2D eigenvalue weighted by atomic mass is 10.0. The van der Waals surface area contributed by atoms with E-state index in [0.717, 1.165) is 12.1 Å². The minimum absolute atomic E-state index is 0.0359. The fourth-order valence-electron chi connectivity index (χ4n) is 4.81. The minimum Gasteiger partial charge on any atom is -0.355 e. The molecule has 0 saturated carbocycles. The minimum atomic E-state index is -4.92. The van der Waals surface area contributed by atoms with Gasteiger partial charge in [0.05, 0.1) is 21.2 Å². The molecule has 1 N–H and O–H groups in total. The second-order valence-electron chi connectivity index (χ2n) is 10.3. The largest absolute Gasteiger partial charge is 0.417 e. The Balaban J connectivity index is 1.87. The first-order valence-corrected chi connectivity index (χ1v) is 16.8. The number of hydrogen-bond donors (Lipinski definition) is 1. The van der Waals surface area contributed by atoms with Crippen molar-refractivity contribution in [3.63, 3.8) is 0 Å². The number of nitrogens with one attached hydrogen (secondary N) is 1. The van der Waals surface area contributed by atoms with Crippen LogP contribution >= 0.6 is 34.8 Å². The van der Waals surface area contributed by atoms with Crippen LogP contribution in [-0.2, 0) is 38.8 Å². The van der Waals surface area contributed by atoms with Crippen molar-refractivity contribution < 1.29 is 31.2 Å². The van der Waals surface area contributed by atoms with Gasteiger partial charge in [-0.15, -0.1) is 0 Å². The summed E-state index contributed by atoms with van der Waals surface area (Å²) in [5.74, 6) is -1.41. The number of sulfonamides is 1. The van der Waals surface area contributed by atoms with Crippen molar-refractivity contribution in [2.45, 2.75) is 37.0 Å². The highest BCUT2D eigenvalue weighted by atomic mass is 35.5. The summed E-state index contributed by atoms with van der Waals surface area (Å²) in [7, 11) is -4.63. The van der Waals surface area contributed by atoms with Gasteiger partial charge < -0.3 is 10.2 Å². The fourth-order valence-corrected chi connectivity index (χ4v) is 6.93.